The Balaban J connectivity index is 0.00000208. The van der Waals surface area contributed by atoms with Gasteiger partial charge in [0.15, 0.2) is 0 Å². The Labute approximate surface area is 147 Å². The van der Waals surface area contributed by atoms with Crippen molar-refractivity contribution in [3.63, 3.8) is 0 Å². The molecule has 1 aliphatic heterocycles. The van der Waals surface area contributed by atoms with E-state index in [1.807, 2.05) is 49.4 Å². The molecule has 1 aliphatic rings. The van der Waals surface area contributed by atoms with E-state index < -0.39 is 6.10 Å². The van der Waals surface area contributed by atoms with Gasteiger partial charge in [-0.1, -0.05) is 36.4 Å². The average Bonchev–Trinajstić information content (AvgIpc) is 2.59. The monoisotopic (exact) mass is 350 g/mol. The fourth-order valence-corrected chi connectivity index (χ4v) is 2.87. The third kappa shape index (κ3) is 4.24. The van der Waals surface area contributed by atoms with E-state index in [0.29, 0.717) is 13.2 Å². The van der Waals surface area contributed by atoms with Gasteiger partial charge in [0.1, 0.15) is 6.04 Å². The lowest BCUT2D eigenvalue weighted by atomic mass is 10.0. The summed E-state index contributed by atoms with van der Waals surface area (Å²) in [4.78, 5) is 12.2. The minimum absolute atomic E-state index is 0. The summed E-state index contributed by atoms with van der Waals surface area (Å²) in [5.41, 5.74) is 0.796. The van der Waals surface area contributed by atoms with E-state index >= 15 is 0 Å². The lowest BCUT2D eigenvalue weighted by molar-refractivity contribution is -0.129. The van der Waals surface area contributed by atoms with Crippen molar-refractivity contribution in [3.05, 3.63) is 48.0 Å². The van der Waals surface area contributed by atoms with Crippen LogP contribution in [0, 0.1) is 0 Å². The molecule has 1 amide bonds. The molecular formula is C18H23ClN2O3. The summed E-state index contributed by atoms with van der Waals surface area (Å²) >= 11 is 0. The van der Waals surface area contributed by atoms with Gasteiger partial charge in [-0.15, -0.1) is 12.4 Å². The van der Waals surface area contributed by atoms with Gasteiger partial charge in [-0.3, -0.25) is 4.79 Å². The Bertz CT molecular complexity index is 695. The molecule has 0 aromatic heterocycles. The zero-order valence-electron chi connectivity index (χ0n) is 13.6. The first-order valence-corrected chi connectivity index (χ1v) is 7.94. The predicted octanol–water partition coefficient (Wildman–Crippen LogP) is 1.79. The molecule has 0 saturated carbocycles. The lowest BCUT2D eigenvalue weighted by Crippen LogP contribution is -2.55. The molecule has 0 radical (unpaired) electrons. The number of rotatable bonds is 4. The van der Waals surface area contributed by atoms with E-state index in [0.717, 1.165) is 16.3 Å². The molecule has 5 nitrogen and oxygen atoms in total. The number of halogens is 1. The van der Waals surface area contributed by atoms with Gasteiger partial charge in [0.2, 0.25) is 5.91 Å². The van der Waals surface area contributed by atoms with Gasteiger partial charge < -0.3 is 20.5 Å². The molecule has 0 aliphatic carbocycles. The quantitative estimate of drug-likeness (QED) is 0.786. The molecule has 1 unspecified atom stereocenters. The second-order valence-electron chi connectivity index (χ2n) is 5.88. The molecule has 6 heteroatoms. The number of benzene rings is 2. The maximum absolute atomic E-state index is 12.2. The number of aliphatic hydroxyl groups is 1. The lowest BCUT2D eigenvalue weighted by Gasteiger charge is -2.29. The molecule has 1 saturated heterocycles. The van der Waals surface area contributed by atoms with Crippen LogP contribution in [0.3, 0.4) is 0 Å². The highest BCUT2D eigenvalue weighted by Crippen LogP contribution is 2.20. The normalized spacial score (nSPS) is 21.8. The van der Waals surface area contributed by atoms with E-state index in [-0.39, 0.29) is 37.0 Å². The zero-order valence-corrected chi connectivity index (χ0v) is 14.4. The summed E-state index contributed by atoms with van der Waals surface area (Å²) in [7, 11) is 0. The number of carbonyl (C=O) groups is 1. The summed E-state index contributed by atoms with van der Waals surface area (Å²) in [5, 5.41) is 18.5. The highest BCUT2D eigenvalue weighted by molar-refractivity contribution is 5.85. The van der Waals surface area contributed by atoms with Gasteiger partial charge in [0.05, 0.1) is 18.8 Å². The standard InChI is InChI=1S/C18H22N2O3.ClH/c1-12-17(19-8-9-23-12)18(22)20-11-16(21)15-7-6-13-4-2-3-5-14(13)10-15;/h2-7,10,12,16-17,19,21H,8-9,11H2,1H3,(H,20,22);1H/t12-,16?,17+;/m1./s1. The summed E-state index contributed by atoms with van der Waals surface area (Å²) < 4.78 is 5.47. The Morgan fingerprint density at radius 2 is 2.08 bits per heavy atom. The maximum atomic E-state index is 12.2. The van der Waals surface area contributed by atoms with Crippen LogP contribution in [0.25, 0.3) is 10.8 Å². The highest BCUT2D eigenvalue weighted by Gasteiger charge is 2.28. The molecule has 3 rings (SSSR count). The van der Waals surface area contributed by atoms with Crippen LogP contribution in [0.5, 0.6) is 0 Å². The fraction of sp³-hybridized carbons (Fsp3) is 0.389. The summed E-state index contributed by atoms with van der Waals surface area (Å²) in [6.07, 6.45) is -0.898. The van der Waals surface area contributed by atoms with Crippen molar-refractivity contribution in [1.29, 1.82) is 0 Å². The number of nitrogens with one attached hydrogen (secondary N) is 2. The fourth-order valence-electron chi connectivity index (χ4n) is 2.87. The third-order valence-corrected chi connectivity index (χ3v) is 4.23. The number of ether oxygens (including phenoxy) is 1. The number of fused-ring (bicyclic) bond motifs is 1. The van der Waals surface area contributed by atoms with E-state index in [1.54, 1.807) is 0 Å². The Morgan fingerprint density at radius 1 is 1.33 bits per heavy atom. The van der Waals surface area contributed by atoms with Gasteiger partial charge in [0.25, 0.3) is 0 Å². The molecule has 2 aromatic rings. The molecule has 3 N–H and O–H groups in total. The van der Waals surface area contributed by atoms with Crippen molar-refractivity contribution < 1.29 is 14.6 Å². The molecule has 2 aromatic carbocycles. The van der Waals surface area contributed by atoms with E-state index in [1.165, 1.54) is 0 Å². The van der Waals surface area contributed by atoms with Crippen molar-refractivity contribution in [2.24, 2.45) is 0 Å². The van der Waals surface area contributed by atoms with Gasteiger partial charge in [-0.2, -0.15) is 0 Å². The van der Waals surface area contributed by atoms with Crippen LogP contribution in [0.15, 0.2) is 42.5 Å². The van der Waals surface area contributed by atoms with Crippen LogP contribution >= 0.6 is 12.4 Å². The van der Waals surface area contributed by atoms with Crippen LogP contribution in [0.1, 0.15) is 18.6 Å². The number of hydrogen-bond donors (Lipinski definition) is 3. The van der Waals surface area contributed by atoms with Crippen LogP contribution < -0.4 is 10.6 Å². The first-order valence-electron chi connectivity index (χ1n) is 7.94. The smallest absolute Gasteiger partial charge is 0.239 e. The van der Waals surface area contributed by atoms with E-state index in [2.05, 4.69) is 10.6 Å². The van der Waals surface area contributed by atoms with Gasteiger partial charge >= 0.3 is 0 Å². The number of aliphatic hydroxyl groups excluding tert-OH is 1. The molecule has 0 spiro atoms. The predicted molar refractivity (Wildman–Crippen MR) is 96.4 cm³/mol. The largest absolute Gasteiger partial charge is 0.387 e. The third-order valence-electron chi connectivity index (χ3n) is 4.23. The molecule has 130 valence electrons. The molecule has 0 bridgehead atoms. The Morgan fingerprint density at radius 3 is 2.83 bits per heavy atom. The van der Waals surface area contributed by atoms with E-state index in [9.17, 15) is 9.90 Å². The van der Waals surface area contributed by atoms with Crippen molar-refractivity contribution >= 4 is 29.1 Å². The minimum Gasteiger partial charge on any atom is -0.387 e. The molecular weight excluding hydrogens is 328 g/mol. The van der Waals surface area contributed by atoms with Gasteiger partial charge in [-0.25, -0.2) is 0 Å². The van der Waals surface area contributed by atoms with Crippen LogP contribution in [0.4, 0.5) is 0 Å². The number of morpholine rings is 1. The number of carbonyl (C=O) groups excluding carboxylic acids is 1. The topological polar surface area (TPSA) is 70.6 Å². The van der Waals surface area contributed by atoms with Crippen LogP contribution in [-0.4, -0.2) is 42.9 Å². The van der Waals surface area contributed by atoms with Crippen molar-refractivity contribution in [1.82, 2.24) is 10.6 Å². The molecule has 24 heavy (non-hydrogen) atoms. The Hall–Kier alpha value is -1.66. The highest BCUT2D eigenvalue weighted by atomic mass is 35.5. The zero-order chi connectivity index (χ0) is 16.2. The first-order chi connectivity index (χ1) is 11.1. The maximum Gasteiger partial charge on any atom is 0.239 e. The summed E-state index contributed by atoms with van der Waals surface area (Å²) in [5.74, 6) is -0.142. The molecule has 1 fully saturated rings. The van der Waals surface area contributed by atoms with E-state index in [4.69, 9.17) is 4.74 Å². The second-order valence-corrected chi connectivity index (χ2v) is 5.88. The first kappa shape index (κ1) is 18.7. The Kier molecular flexibility index (Phi) is 6.57. The second kappa shape index (κ2) is 8.44. The SMILES string of the molecule is C[C@H]1OCCN[C@@H]1C(=O)NCC(O)c1ccc2ccccc2c1.Cl. The summed E-state index contributed by atoms with van der Waals surface area (Å²) in [6.45, 7) is 3.33. The minimum atomic E-state index is -0.733. The van der Waals surface area contributed by atoms with Crippen molar-refractivity contribution in [3.8, 4) is 0 Å². The van der Waals surface area contributed by atoms with Crippen molar-refractivity contribution in [2.75, 3.05) is 19.7 Å². The number of amides is 1. The van der Waals surface area contributed by atoms with Gasteiger partial charge in [0, 0.05) is 13.1 Å². The molecule has 1 heterocycles. The van der Waals surface area contributed by atoms with Gasteiger partial charge in [-0.05, 0) is 29.3 Å². The van der Waals surface area contributed by atoms with Crippen molar-refractivity contribution in [2.45, 2.75) is 25.2 Å². The average molecular weight is 351 g/mol. The number of hydrogen-bond acceptors (Lipinski definition) is 4. The molecule has 3 atom stereocenters. The van der Waals surface area contributed by atoms with Crippen LogP contribution in [0.2, 0.25) is 0 Å². The van der Waals surface area contributed by atoms with Crippen LogP contribution in [-0.2, 0) is 9.53 Å². The summed E-state index contributed by atoms with van der Waals surface area (Å²) in [6, 6.07) is 13.5.